The molecule has 1 aliphatic heterocycles. The highest BCUT2D eigenvalue weighted by Gasteiger charge is 2.22. The molecule has 0 spiro atoms. The van der Waals surface area contributed by atoms with Gasteiger partial charge in [0, 0.05) is 25.8 Å². The van der Waals surface area contributed by atoms with E-state index in [9.17, 15) is 9.59 Å². The van der Waals surface area contributed by atoms with E-state index >= 15 is 0 Å². The van der Waals surface area contributed by atoms with E-state index in [0.717, 1.165) is 32.5 Å². The molecule has 1 aromatic rings. The van der Waals surface area contributed by atoms with Crippen LogP contribution in [0.15, 0.2) is 18.3 Å². The van der Waals surface area contributed by atoms with Gasteiger partial charge >= 0.3 is 0 Å². The van der Waals surface area contributed by atoms with Gasteiger partial charge in [0.1, 0.15) is 5.69 Å². The van der Waals surface area contributed by atoms with Crippen molar-refractivity contribution >= 4 is 11.8 Å². The zero-order chi connectivity index (χ0) is 15.2. The first-order valence-electron chi connectivity index (χ1n) is 7.52. The molecule has 6 heteroatoms. The molecule has 1 aliphatic rings. The van der Waals surface area contributed by atoms with Crippen molar-refractivity contribution in [2.45, 2.75) is 25.8 Å². The molecule has 0 aromatic carbocycles. The van der Waals surface area contributed by atoms with E-state index in [-0.39, 0.29) is 18.4 Å². The average molecular weight is 292 g/mol. The largest absolute Gasteiger partial charge is 0.347 e. The number of imide groups is 1. The predicted molar refractivity (Wildman–Crippen MR) is 81.0 cm³/mol. The number of nitrogens with one attached hydrogen (secondary N) is 2. The van der Waals surface area contributed by atoms with Crippen LogP contribution in [0.4, 0.5) is 0 Å². The van der Waals surface area contributed by atoms with Gasteiger partial charge in [-0.05, 0) is 38.1 Å². The standard InChI is InChI=1S/C15H24N4O2/c1-3-19(12-6-4-8-16-10-12)11-14(20)17-15(21)13-7-5-9-18(13)2/h5,7,9,12,16H,3-4,6,8,10-11H2,1-2H3,(H,17,20,21). The molecule has 1 unspecified atom stereocenters. The molecule has 2 N–H and O–H groups in total. The number of carbonyl (C=O) groups is 2. The average Bonchev–Trinajstić information content (AvgIpc) is 2.92. The van der Waals surface area contributed by atoms with E-state index in [0.29, 0.717) is 11.7 Å². The second kappa shape index (κ2) is 7.38. The quantitative estimate of drug-likeness (QED) is 0.822. The Morgan fingerprint density at radius 1 is 1.52 bits per heavy atom. The Morgan fingerprint density at radius 2 is 2.33 bits per heavy atom. The lowest BCUT2D eigenvalue weighted by Gasteiger charge is -2.33. The van der Waals surface area contributed by atoms with E-state index in [1.165, 1.54) is 0 Å². The van der Waals surface area contributed by atoms with Gasteiger partial charge in [0.25, 0.3) is 5.91 Å². The predicted octanol–water partition coefficient (Wildman–Crippen LogP) is 0.355. The Bertz CT molecular complexity index is 492. The highest BCUT2D eigenvalue weighted by molar-refractivity contribution is 6.04. The fourth-order valence-electron chi connectivity index (χ4n) is 2.76. The molecule has 6 nitrogen and oxygen atoms in total. The van der Waals surface area contributed by atoms with E-state index in [4.69, 9.17) is 0 Å². The van der Waals surface area contributed by atoms with Crippen molar-refractivity contribution in [2.24, 2.45) is 7.05 Å². The second-order valence-electron chi connectivity index (χ2n) is 5.44. The van der Waals surface area contributed by atoms with Gasteiger partial charge in [0.05, 0.1) is 6.54 Å². The number of hydrogen-bond donors (Lipinski definition) is 2. The van der Waals surface area contributed by atoms with Crippen molar-refractivity contribution in [3.05, 3.63) is 24.0 Å². The van der Waals surface area contributed by atoms with Crippen molar-refractivity contribution in [1.29, 1.82) is 0 Å². The third kappa shape index (κ3) is 4.15. The molecule has 1 atom stereocenters. The summed E-state index contributed by atoms with van der Waals surface area (Å²) in [6.45, 7) is 5.07. The summed E-state index contributed by atoms with van der Waals surface area (Å²) in [5.74, 6) is -0.584. The number of likely N-dealkylation sites (N-methyl/N-ethyl adjacent to an activating group) is 1. The number of piperidine rings is 1. The summed E-state index contributed by atoms with van der Waals surface area (Å²) in [4.78, 5) is 26.2. The van der Waals surface area contributed by atoms with Crippen molar-refractivity contribution in [1.82, 2.24) is 20.1 Å². The molecule has 1 aromatic heterocycles. The highest BCUT2D eigenvalue weighted by Crippen LogP contribution is 2.09. The number of amides is 2. The summed E-state index contributed by atoms with van der Waals surface area (Å²) < 4.78 is 1.70. The second-order valence-corrected chi connectivity index (χ2v) is 5.44. The number of rotatable bonds is 5. The van der Waals surface area contributed by atoms with Gasteiger partial charge < -0.3 is 9.88 Å². The molecule has 1 saturated heterocycles. The van der Waals surface area contributed by atoms with Crippen LogP contribution in [-0.4, -0.2) is 53.5 Å². The van der Waals surface area contributed by atoms with Gasteiger partial charge in [0.15, 0.2) is 0 Å². The molecule has 2 rings (SSSR count). The molecular weight excluding hydrogens is 268 g/mol. The molecule has 1 fully saturated rings. The Labute approximate surface area is 125 Å². The molecule has 21 heavy (non-hydrogen) atoms. The molecule has 0 bridgehead atoms. The lowest BCUT2D eigenvalue weighted by Crippen LogP contribution is -2.50. The smallest absolute Gasteiger partial charge is 0.274 e. The fourth-order valence-corrected chi connectivity index (χ4v) is 2.76. The minimum Gasteiger partial charge on any atom is -0.347 e. The van der Waals surface area contributed by atoms with E-state index in [2.05, 4.69) is 15.5 Å². The maximum absolute atomic E-state index is 12.1. The molecule has 2 heterocycles. The topological polar surface area (TPSA) is 66.4 Å². The van der Waals surface area contributed by atoms with E-state index < -0.39 is 0 Å². The minimum absolute atomic E-state index is 0.242. The zero-order valence-corrected chi connectivity index (χ0v) is 12.8. The van der Waals surface area contributed by atoms with Crippen LogP contribution >= 0.6 is 0 Å². The Morgan fingerprint density at radius 3 is 2.90 bits per heavy atom. The number of aryl methyl sites for hydroxylation is 1. The van der Waals surface area contributed by atoms with Crippen LogP contribution in [0.2, 0.25) is 0 Å². The summed E-state index contributed by atoms with van der Waals surface area (Å²) in [7, 11) is 1.78. The first kappa shape index (κ1) is 15.7. The van der Waals surface area contributed by atoms with E-state index in [1.807, 2.05) is 6.92 Å². The summed E-state index contributed by atoms with van der Waals surface area (Å²) in [5, 5.41) is 5.82. The summed E-state index contributed by atoms with van der Waals surface area (Å²) >= 11 is 0. The summed E-state index contributed by atoms with van der Waals surface area (Å²) in [6, 6.07) is 3.86. The van der Waals surface area contributed by atoms with Gasteiger partial charge in [-0.2, -0.15) is 0 Å². The number of aromatic nitrogens is 1. The van der Waals surface area contributed by atoms with Crippen molar-refractivity contribution in [3.63, 3.8) is 0 Å². The number of carbonyl (C=O) groups excluding carboxylic acids is 2. The Hall–Kier alpha value is -1.66. The van der Waals surface area contributed by atoms with Gasteiger partial charge in [-0.25, -0.2) is 0 Å². The molecule has 0 saturated carbocycles. The highest BCUT2D eigenvalue weighted by atomic mass is 16.2. The van der Waals surface area contributed by atoms with Crippen molar-refractivity contribution in [3.8, 4) is 0 Å². The van der Waals surface area contributed by atoms with Crippen molar-refractivity contribution in [2.75, 3.05) is 26.2 Å². The van der Waals surface area contributed by atoms with Crippen LogP contribution in [0.5, 0.6) is 0 Å². The first-order chi connectivity index (χ1) is 10.1. The number of nitrogens with zero attached hydrogens (tertiary/aromatic N) is 2. The van der Waals surface area contributed by atoms with Crippen LogP contribution in [0.1, 0.15) is 30.3 Å². The van der Waals surface area contributed by atoms with Crippen LogP contribution < -0.4 is 10.6 Å². The Kier molecular flexibility index (Phi) is 5.52. The van der Waals surface area contributed by atoms with Crippen LogP contribution in [0.3, 0.4) is 0 Å². The minimum atomic E-state index is -0.342. The molecule has 2 amide bonds. The third-order valence-electron chi connectivity index (χ3n) is 3.97. The van der Waals surface area contributed by atoms with Gasteiger partial charge in [-0.3, -0.25) is 19.8 Å². The molecule has 116 valence electrons. The first-order valence-corrected chi connectivity index (χ1v) is 7.52. The number of hydrogen-bond acceptors (Lipinski definition) is 4. The normalized spacial score (nSPS) is 18.7. The molecule has 0 aliphatic carbocycles. The molecule has 0 radical (unpaired) electrons. The summed E-state index contributed by atoms with van der Waals surface area (Å²) in [5.41, 5.74) is 0.491. The van der Waals surface area contributed by atoms with Gasteiger partial charge in [0.2, 0.25) is 5.91 Å². The lowest BCUT2D eigenvalue weighted by molar-refractivity contribution is -0.121. The Balaban J connectivity index is 1.87. The van der Waals surface area contributed by atoms with Crippen LogP contribution in [0, 0.1) is 0 Å². The zero-order valence-electron chi connectivity index (χ0n) is 12.8. The summed E-state index contributed by atoms with van der Waals surface area (Å²) in [6.07, 6.45) is 4.01. The lowest BCUT2D eigenvalue weighted by atomic mass is 10.1. The van der Waals surface area contributed by atoms with Gasteiger partial charge in [-0.1, -0.05) is 6.92 Å². The maximum atomic E-state index is 12.1. The maximum Gasteiger partial charge on any atom is 0.274 e. The molecular formula is C15H24N4O2. The van der Waals surface area contributed by atoms with Crippen molar-refractivity contribution < 1.29 is 9.59 Å². The van der Waals surface area contributed by atoms with E-state index in [1.54, 1.807) is 29.9 Å². The van der Waals surface area contributed by atoms with Crippen LogP contribution in [-0.2, 0) is 11.8 Å². The monoisotopic (exact) mass is 292 g/mol. The third-order valence-corrected chi connectivity index (χ3v) is 3.97. The SMILES string of the molecule is CCN(CC(=O)NC(=O)c1cccn1C)C1CCCNC1. The fraction of sp³-hybridized carbons (Fsp3) is 0.600. The van der Waals surface area contributed by atoms with Gasteiger partial charge in [-0.15, -0.1) is 0 Å². The van der Waals surface area contributed by atoms with Crippen LogP contribution in [0.25, 0.3) is 0 Å².